The Bertz CT molecular complexity index is 521. The third-order valence-electron chi connectivity index (χ3n) is 3.37. The molecule has 1 aliphatic heterocycles. The van der Waals surface area contributed by atoms with E-state index in [4.69, 9.17) is 14.4 Å². The first-order chi connectivity index (χ1) is 11.1. The lowest BCUT2D eigenvalue weighted by molar-refractivity contribution is -0.205. The zero-order chi connectivity index (χ0) is 18.5. The number of rotatable bonds is 7. The molecule has 24 heavy (non-hydrogen) atoms. The summed E-state index contributed by atoms with van der Waals surface area (Å²) in [5.41, 5.74) is -1.23. The average molecular weight is 391 g/mol. The lowest BCUT2D eigenvalue weighted by Crippen LogP contribution is -2.57. The van der Waals surface area contributed by atoms with Gasteiger partial charge in [0.25, 0.3) is 0 Å². The largest absolute Gasteiger partial charge is 0.466 e. The van der Waals surface area contributed by atoms with Gasteiger partial charge in [0, 0.05) is 5.92 Å². The van der Waals surface area contributed by atoms with Crippen LogP contribution in [0.1, 0.15) is 13.3 Å². The highest BCUT2D eigenvalue weighted by atomic mass is 32.3. The molecule has 0 aliphatic carbocycles. The summed E-state index contributed by atoms with van der Waals surface area (Å²) in [6.45, 7) is 0.597. The SMILES string of the molecule is CC[C@@H](CO)/C(=N\OS(=O)(=O)O)S[C@@H]1O[C@H](CO)[C@@H](O)[C@H](O)[C@H]1O. The molecule has 1 saturated heterocycles. The van der Waals surface area contributed by atoms with Gasteiger partial charge < -0.3 is 30.3 Å². The quantitative estimate of drug-likeness (QED) is 0.118. The van der Waals surface area contributed by atoms with Gasteiger partial charge in [0.15, 0.2) is 0 Å². The number of aliphatic hydroxyl groups excluding tert-OH is 5. The number of oxime groups is 1. The van der Waals surface area contributed by atoms with Gasteiger partial charge in [-0.05, 0) is 6.42 Å². The van der Waals surface area contributed by atoms with Gasteiger partial charge in [-0.2, -0.15) is 8.42 Å². The Hall–Kier alpha value is -0.510. The second kappa shape index (κ2) is 9.26. The molecular weight excluding hydrogens is 370 g/mol. The molecule has 13 heteroatoms. The Balaban J connectivity index is 2.99. The van der Waals surface area contributed by atoms with Crippen LogP contribution in [0.3, 0.4) is 0 Å². The van der Waals surface area contributed by atoms with Gasteiger partial charge >= 0.3 is 10.4 Å². The van der Waals surface area contributed by atoms with E-state index < -0.39 is 59.4 Å². The molecule has 11 nitrogen and oxygen atoms in total. The Morgan fingerprint density at radius 1 is 1.25 bits per heavy atom. The number of nitrogens with zero attached hydrogens (tertiary/aromatic N) is 1. The molecular formula is C11H21NO10S2. The van der Waals surface area contributed by atoms with Crippen LogP contribution in [0.15, 0.2) is 5.16 Å². The summed E-state index contributed by atoms with van der Waals surface area (Å²) in [6, 6.07) is 0. The normalized spacial score (nSPS) is 33.3. The maximum atomic E-state index is 10.7. The molecule has 0 unspecified atom stereocenters. The molecule has 6 N–H and O–H groups in total. The van der Waals surface area contributed by atoms with Crippen LogP contribution >= 0.6 is 11.8 Å². The molecule has 0 bridgehead atoms. The van der Waals surface area contributed by atoms with Gasteiger partial charge in [0.1, 0.15) is 34.9 Å². The van der Waals surface area contributed by atoms with E-state index in [9.17, 15) is 28.8 Å². The van der Waals surface area contributed by atoms with E-state index in [1.54, 1.807) is 6.92 Å². The smallest absolute Gasteiger partial charge is 0.396 e. The van der Waals surface area contributed by atoms with Gasteiger partial charge in [-0.25, -0.2) is 4.28 Å². The third-order valence-corrected chi connectivity index (χ3v) is 4.90. The van der Waals surface area contributed by atoms with Crippen LogP contribution in [0.4, 0.5) is 0 Å². The predicted molar refractivity (Wildman–Crippen MR) is 82.3 cm³/mol. The summed E-state index contributed by atoms with van der Waals surface area (Å²) < 4.78 is 39.1. The molecule has 6 atom stereocenters. The van der Waals surface area contributed by atoms with E-state index in [2.05, 4.69) is 9.44 Å². The topological polar surface area (TPSA) is 186 Å². The molecule has 0 spiro atoms. The maximum absolute atomic E-state index is 10.7. The van der Waals surface area contributed by atoms with E-state index in [-0.39, 0.29) is 5.04 Å². The molecule has 0 saturated carbocycles. The number of hydrogen-bond acceptors (Lipinski definition) is 11. The Morgan fingerprint density at radius 2 is 1.88 bits per heavy atom. The number of ether oxygens (including phenoxy) is 1. The standard InChI is InChI=1S/C11H21NO10S2/c1-2-5(3-13)10(12-22-24(18,19)20)23-11-9(17)8(16)7(15)6(4-14)21-11/h5-9,11,13-17H,2-4H2,1H3,(H,18,19,20)/b12-10+/t5-,6+,7+,8-,9+,11-/m0/s1. The lowest BCUT2D eigenvalue weighted by atomic mass is 10.0. The number of thioether (sulfide) groups is 1. The maximum Gasteiger partial charge on any atom is 0.466 e. The van der Waals surface area contributed by atoms with Crippen molar-refractivity contribution >= 4 is 27.2 Å². The Kier molecular flexibility index (Phi) is 8.31. The van der Waals surface area contributed by atoms with Crippen LogP contribution in [0.25, 0.3) is 0 Å². The van der Waals surface area contributed by atoms with E-state index in [0.29, 0.717) is 18.2 Å². The average Bonchev–Trinajstić information content (AvgIpc) is 2.52. The van der Waals surface area contributed by atoms with Crippen LogP contribution in [0.2, 0.25) is 0 Å². The van der Waals surface area contributed by atoms with Crippen molar-refractivity contribution < 1.29 is 47.5 Å². The first-order valence-electron chi connectivity index (χ1n) is 6.96. The van der Waals surface area contributed by atoms with Crippen LogP contribution in [0.5, 0.6) is 0 Å². The first kappa shape index (κ1) is 21.5. The van der Waals surface area contributed by atoms with Crippen molar-refractivity contribution in [1.29, 1.82) is 0 Å². The molecule has 0 aromatic heterocycles. The van der Waals surface area contributed by atoms with Crippen molar-refractivity contribution in [3.05, 3.63) is 0 Å². The van der Waals surface area contributed by atoms with Crippen molar-refractivity contribution in [2.24, 2.45) is 11.1 Å². The molecule has 0 radical (unpaired) electrons. The molecule has 0 aromatic carbocycles. The number of hydrogen-bond donors (Lipinski definition) is 6. The molecule has 1 fully saturated rings. The highest BCUT2D eigenvalue weighted by Gasteiger charge is 2.44. The van der Waals surface area contributed by atoms with Crippen LogP contribution in [-0.2, 0) is 19.4 Å². The minimum absolute atomic E-state index is 0.123. The van der Waals surface area contributed by atoms with Crippen LogP contribution < -0.4 is 0 Å². The first-order valence-corrected chi connectivity index (χ1v) is 9.21. The summed E-state index contributed by atoms with van der Waals surface area (Å²) in [4.78, 5) is 0. The monoisotopic (exact) mass is 391 g/mol. The van der Waals surface area contributed by atoms with Crippen molar-refractivity contribution in [2.45, 2.75) is 43.2 Å². The molecule has 1 rings (SSSR count). The van der Waals surface area contributed by atoms with E-state index in [1.807, 2.05) is 0 Å². The molecule has 142 valence electrons. The summed E-state index contributed by atoms with van der Waals surface area (Å²) in [6.07, 6.45) is -5.59. The number of aliphatic hydroxyl groups is 5. The minimum atomic E-state index is -4.87. The molecule has 0 aromatic rings. The summed E-state index contributed by atoms with van der Waals surface area (Å²) in [5, 5.41) is 51.0. The van der Waals surface area contributed by atoms with Crippen molar-refractivity contribution in [3.63, 3.8) is 0 Å². The summed E-state index contributed by atoms with van der Waals surface area (Å²) in [7, 11) is -4.87. The highest BCUT2D eigenvalue weighted by molar-refractivity contribution is 8.14. The van der Waals surface area contributed by atoms with E-state index in [0.717, 1.165) is 0 Å². The fraction of sp³-hybridized carbons (Fsp3) is 0.909. The second-order valence-corrected chi connectivity index (χ2v) is 7.16. The van der Waals surface area contributed by atoms with Crippen LogP contribution in [0, 0.1) is 5.92 Å². The zero-order valence-electron chi connectivity index (χ0n) is 12.7. The molecule has 1 heterocycles. The van der Waals surface area contributed by atoms with Gasteiger partial charge in [-0.1, -0.05) is 23.8 Å². The third kappa shape index (κ3) is 5.79. The molecule has 1 aliphatic rings. The Morgan fingerprint density at radius 3 is 2.33 bits per heavy atom. The van der Waals surface area contributed by atoms with Gasteiger partial charge in [0.05, 0.1) is 13.2 Å². The lowest BCUT2D eigenvalue weighted by Gasteiger charge is -2.39. The Labute approximate surface area is 142 Å². The zero-order valence-corrected chi connectivity index (χ0v) is 14.3. The fourth-order valence-corrected chi connectivity index (χ4v) is 3.41. The van der Waals surface area contributed by atoms with Crippen molar-refractivity contribution in [2.75, 3.05) is 13.2 Å². The van der Waals surface area contributed by atoms with Crippen LogP contribution in [-0.4, -0.2) is 86.6 Å². The van der Waals surface area contributed by atoms with E-state index >= 15 is 0 Å². The highest BCUT2D eigenvalue weighted by Crippen LogP contribution is 2.31. The van der Waals surface area contributed by atoms with E-state index in [1.165, 1.54) is 0 Å². The fourth-order valence-electron chi connectivity index (χ4n) is 1.94. The molecule has 0 amide bonds. The van der Waals surface area contributed by atoms with Gasteiger partial charge in [0.2, 0.25) is 0 Å². The van der Waals surface area contributed by atoms with Gasteiger partial charge in [-0.3, -0.25) is 4.55 Å². The van der Waals surface area contributed by atoms with Crippen molar-refractivity contribution in [1.82, 2.24) is 0 Å². The van der Waals surface area contributed by atoms with Crippen molar-refractivity contribution in [3.8, 4) is 0 Å². The second-order valence-electron chi connectivity index (χ2n) is 5.03. The summed E-state index contributed by atoms with van der Waals surface area (Å²) >= 11 is 0.632. The predicted octanol–water partition coefficient (Wildman–Crippen LogP) is -2.33. The van der Waals surface area contributed by atoms with Gasteiger partial charge in [-0.15, -0.1) is 0 Å². The minimum Gasteiger partial charge on any atom is -0.396 e. The summed E-state index contributed by atoms with van der Waals surface area (Å²) in [5.74, 6) is -0.691.